The molecule has 0 unspecified atom stereocenters. The Kier molecular flexibility index (Phi) is 8.22. The van der Waals surface area contributed by atoms with Crippen molar-refractivity contribution in [3.8, 4) is 0 Å². The quantitative estimate of drug-likeness (QED) is 0.322. The summed E-state index contributed by atoms with van der Waals surface area (Å²) in [5, 5.41) is 2.92. The Morgan fingerprint density at radius 1 is 0.891 bits per heavy atom. The van der Waals surface area contributed by atoms with Crippen LogP contribution in [0, 0.1) is 50.2 Å². The zero-order valence-corrected chi connectivity index (χ0v) is 29.6. The summed E-state index contributed by atoms with van der Waals surface area (Å²) in [6, 6.07) is 9.91. The number of fused-ring (bicyclic) bond motifs is 7. The van der Waals surface area contributed by atoms with E-state index in [0.717, 1.165) is 63.4 Å². The number of nitrogens with one attached hydrogen (secondary N) is 1. The van der Waals surface area contributed by atoms with Crippen LogP contribution in [0.5, 0.6) is 0 Å². The molecule has 1 aromatic rings. The summed E-state index contributed by atoms with van der Waals surface area (Å²) in [4.78, 5) is 41.0. The minimum atomic E-state index is -0.574. The van der Waals surface area contributed by atoms with Gasteiger partial charge in [0.25, 0.3) is 0 Å². The topological polar surface area (TPSA) is 81.7 Å². The minimum Gasteiger partial charge on any atom is -0.461 e. The van der Waals surface area contributed by atoms with Crippen LogP contribution in [0.2, 0.25) is 0 Å². The van der Waals surface area contributed by atoms with Gasteiger partial charge in [0.15, 0.2) is 5.78 Å². The first kappa shape index (κ1) is 33.4. The van der Waals surface area contributed by atoms with E-state index in [1.54, 1.807) is 7.05 Å². The van der Waals surface area contributed by atoms with Gasteiger partial charge in [-0.1, -0.05) is 77.4 Å². The number of likely N-dealkylation sites (N-methyl/N-ethyl adjacent to an activating group) is 1. The maximum absolute atomic E-state index is 14.7. The molecule has 5 aliphatic rings. The summed E-state index contributed by atoms with van der Waals surface area (Å²) >= 11 is 0. The van der Waals surface area contributed by atoms with Crippen LogP contribution in [-0.4, -0.2) is 37.4 Å². The lowest BCUT2D eigenvalue weighted by Gasteiger charge is -2.70. The number of allylic oxidation sites excluding steroid dienone is 2. The van der Waals surface area contributed by atoms with Crippen molar-refractivity contribution < 1.29 is 23.9 Å². The number of ketones is 1. The number of hydrogen-bond donors (Lipinski definition) is 1. The molecule has 4 fully saturated rings. The Morgan fingerprint density at radius 2 is 1.59 bits per heavy atom. The zero-order chi connectivity index (χ0) is 33.3. The van der Waals surface area contributed by atoms with Gasteiger partial charge >= 0.3 is 11.9 Å². The minimum absolute atomic E-state index is 0.0732. The van der Waals surface area contributed by atoms with Crippen molar-refractivity contribution in [3.05, 3.63) is 47.5 Å². The molecular weight excluding hydrogens is 574 g/mol. The fourth-order valence-electron chi connectivity index (χ4n) is 11.8. The average Bonchev–Trinajstić information content (AvgIpc) is 3.00. The van der Waals surface area contributed by atoms with Gasteiger partial charge in [-0.15, -0.1) is 0 Å². The van der Waals surface area contributed by atoms with Crippen LogP contribution < -0.4 is 5.32 Å². The second-order valence-corrected chi connectivity index (χ2v) is 17.7. The van der Waals surface area contributed by atoms with E-state index in [9.17, 15) is 14.4 Å². The molecule has 0 amide bonds. The van der Waals surface area contributed by atoms with Crippen LogP contribution in [0.1, 0.15) is 112 Å². The molecule has 0 aliphatic heterocycles. The van der Waals surface area contributed by atoms with Crippen LogP contribution in [0.4, 0.5) is 0 Å². The van der Waals surface area contributed by atoms with E-state index in [0.29, 0.717) is 6.61 Å². The predicted octanol–water partition coefficient (Wildman–Crippen LogP) is 7.84. The maximum atomic E-state index is 14.7. The standard InChI is InChI=1S/C40H57NO5/c1-35(2)30-14-17-40(7)33(38(30,5)16-15-31(35)46-32(43)24-41-8)29(42)22-27-28-23-37(4,19-18-36(28,3)20-21-39(27,40)6)34(44)45-25-26-12-10-9-11-13-26/h9-13,22,28,30-31,33,41H,14-21,23-25H2,1-8H3/t28-,30-,31-,33+,36+,37-,38-,39+,40+/m0/s1. The molecule has 0 heterocycles. The molecule has 9 atom stereocenters. The highest BCUT2D eigenvalue weighted by Gasteiger charge is 2.70. The molecule has 0 saturated heterocycles. The Morgan fingerprint density at radius 3 is 2.28 bits per heavy atom. The van der Waals surface area contributed by atoms with Crippen molar-refractivity contribution in [3.63, 3.8) is 0 Å². The van der Waals surface area contributed by atoms with Gasteiger partial charge in [-0.05, 0) is 117 Å². The SMILES string of the molecule is CNCC(=O)O[C@H]1CC[C@]2(C)[C@H]3C(=O)C=C4[C@@H]5C[C@@](C)(C(=O)OCc6ccccc6)CC[C@]5(C)CC[C@@]4(C)[C@]3(C)CC[C@H]2C1(C)C. The molecule has 6 nitrogen and oxygen atoms in total. The van der Waals surface area contributed by atoms with Crippen molar-refractivity contribution in [1.29, 1.82) is 0 Å². The van der Waals surface area contributed by atoms with E-state index in [4.69, 9.17) is 9.47 Å². The average molecular weight is 632 g/mol. The smallest absolute Gasteiger partial charge is 0.320 e. The molecule has 1 N–H and O–H groups in total. The molecular formula is C40H57NO5. The van der Waals surface area contributed by atoms with E-state index in [1.165, 1.54) is 5.57 Å². The van der Waals surface area contributed by atoms with Gasteiger partial charge < -0.3 is 14.8 Å². The molecule has 5 aliphatic carbocycles. The summed E-state index contributed by atoms with van der Waals surface area (Å²) in [5.74, 6) is 0.364. The lowest BCUT2D eigenvalue weighted by molar-refractivity contribution is -0.210. The normalized spacial score (nSPS) is 42.8. The first-order chi connectivity index (χ1) is 21.5. The van der Waals surface area contributed by atoms with Crippen LogP contribution in [-0.2, 0) is 30.5 Å². The molecule has 46 heavy (non-hydrogen) atoms. The fourth-order valence-corrected chi connectivity index (χ4v) is 11.8. The summed E-state index contributed by atoms with van der Waals surface area (Å²) in [7, 11) is 1.77. The van der Waals surface area contributed by atoms with Crippen molar-refractivity contribution in [2.45, 2.75) is 119 Å². The third kappa shape index (κ3) is 4.94. The Balaban J connectivity index is 1.30. The van der Waals surface area contributed by atoms with E-state index >= 15 is 0 Å². The zero-order valence-electron chi connectivity index (χ0n) is 29.6. The number of rotatable bonds is 6. The molecule has 0 bridgehead atoms. The summed E-state index contributed by atoms with van der Waals surface area (Å²) in [5.41, 5.74) is 1.13. The summed E-state index contributed by atoms with van der Waals surface area (Å²) in [6.45, 7) is 16.8. The lowest BCUT2D eigenvalue weighted by atomic mass is 9.33. The lowest BCUT2D eigenvalue weighted by Crippen LogP contribution is -2.66. The number of esters is 2. The van der Waals surface area contributed by atoms with E-state index in [-0.39, 0.29) is 75.2 Å². The van der Waals surface area contributed by atoms with Crippen LogP contribution in [0.25, 0.3) is 0 Å². The van der Waals surface area contributed by atoms with Gasteiger partial charge in [0, 0.05) is 11.3 Å². The molecule has 0 radical (unpaired) electrons. The van der Waals surface area contributed by atoms with Crippen LogP contribution in [0.15, 0.2) is 42.0 Å². The molecule has 0 aromatic heterocycles. The number of hydrogen-bond acceptors (Lipinski definition) is 6. The summed E-state index contributed by atoms with van der Waals surface area (Å²) in [6.07, 6.45) is 10.3. The van der Waals surface area contributed by atoms with Gasteiger partial charge in [0.1, 0.15) is 12.7 Å². The van der Waals surface area contributed by atoms with Gasteiger partial charge in [-0.3, -0.25) is 14.4 Å². The monoisotopic (exact) mass is 631 g/mol. The van der Waals surface area contributed by atoms with Gasteiger partial charge in [0.05, 0.1) is 12.0 Å². The Bertz CT molecular complexity index is 1420. The highest BCUT2D eigenvalue weighted by molar-refractivity contribution is 5.95. The predicted molar refractivity (Wildman–Crippen MR) is 179 cm³/mol. The molecule has 0 spiro atoms. The summed E-state index contributed by atoms with van der Waals surface area (Å²) < 4.78 is 12.0. The molecule has 6 rings (SSSR count). The third-order valence-electron chi connectivity index (χ3n) is 14.8. The van der Waals surface area contributed by atoms with E-state index in [2.05, 4.69) is 59.9 Å². The highest BCUT2D eigenvalue weighted by Crippen LogP contribution is 2.75. The van der Waals surface area contributed by atoms with E-state index in [1.807, 2.05) is 30.3 Å². The largest absolute Gasteiger partial charge is 0.461 e. The fraction of sp³-hybridized carbons (Fsp3) is 0.725. The van der Waals surface area contributed by atoms with E-state index < -0.39 is 5.41 Å². The number of ether oxygens (including phenoxy) is 2. The first-order valence-electron chi connectivity index (χ1n) is 17.9. The second kappa shape index (κ2) is 11.3. The molecule has 4 saturated carbocycles. The number of benzene rings is 1. The highest BCUT2D eigenvalue weighted by atomic mass is 16.5. The van der Waals surface area contributed by atoms with Crippen LogP contribution >= 0.6 is 0 Å². The molecule has 1 aromatic carbocycles. The number of carbonyl (C=O) groups excluding carboxylic acids is 3. The first-order valence-corrected chi connectivity index (χ1v) is 17.9. The van der Waals surface area contributed by atoms with Gasteiger partial charge in [0.2, 0.25) is 0 Å². The van der Waals surface area contributed by atoms with Crippen molar-refractivity contribution >= 4 is 17.7 Å². The second-order valence-electron chi connectivity index (χ2n) is 17.7. The molecule has 252 valence electrons. The molecule has 6 heteroatoms. The van der Waals surface area contributed by atoms with Gasteiger partial charge in [-0.25, -0.2) is 0 Å². The maximum Gasteiger partial charge on any atom is 0.320 e. The van der Waals surface area contributed by atoms with Crippen molar-refractivity contribution in [1.82, 2.24) is 5.32 Å². The van der Waals surface area contributed by atoms with Gasteiger partial charge in [-0.2, -0.15) is 0 Å². The van der Waals surface area contributed by atoms with Crippen molar-refractivity contribution in [2.24, 2.45) is 50.2 Å². The number of carbonyl (C=O) groups is 3. The Hall–Kier alpha value is -2.47. The third-order valence-corrected chi connectivity index (χ3v) is 14.8. The van der Waals surface area contributed by atoms with Crippen LogP contribution in [0.3, 0.4) is 0 Å². The Labute approximate surface area is 276 Å². The van der Waals surface area contributed by atoms with Crippen molar-refractivity contribution in [2.75, 3.05) is 13.6 Å².